The van der Waals surface area contributed by atoms with Gasteiger partial charge in [0.15, 0.2) is 0 Å². The summed E-state index contributed by atoms with van der Waals surface area (Å²) in [4.78, 5) is 21.9. The lowest BCUT2D eigenvalue weighted by Gasteiger charge is -2.09. The van der Waals surface area contributed by atoms with Crippen molar-refractivity contribution in [2.45, 2.75) is 6.04 Å². The molecule has 5 heteroatoms. The second-order valence-corrected chi connectivity index (χ2v) is 2.76. The first kappa shape index (κ1) is 11.2. The van der Waals surface area contributed by atoms with Gasteiger partial charge in [-0.2, -0.15) is 0 Å². The van der Waals surface area contributed by atoms with Gasteiger partial charge in [-0.3, -0.25) is 0 Å². The van der Waals surface area contributed by atoms with Crippen molar-refractivity contribution in [1.29, 1.82) is 0 Å². The van der Waals surface area contributed by atoms with E-state index in [1.54, 1.807) is 30.3 Å². The van der Waals surface area contributed by atoms with E-state index < -0.39 is 18.2 Å². The number of benzene rings is 1. The van der Waals surface area contributed by atoms with Crippen molar-refractivity contribution in [3.63, 3.8) is 0 Å². The molecule has 1 aromatic carbocycles. The van der Waals surface area contributed by atoms with Crippen molar-refractivity contribution < 1.29 is 19.1 Å². The number of esters is 1. The molecule has 0 radical (unpaired) electrons. The Kier molecular flexibility index (Phi) is 3.82. The molecule has 0 saturated carbocycles. The van der Waals surface area contributed by atoms with Gasteiger partial charge in [0.25, 0.3) is 0 Å². The summed E-state index contributed by atoms with van der Waals surface area (Å²) in [6.45, 7) is 0. The number of rotatable bonds is 2. The summed E-state index contributed by atoms with van der Waals surface area (Å²) < 4.78 is 8.46. The van der Waals surface area contributed by atoms with E-state index in [1.807, 2.05) is 0 Å². The fraction of sp³-hybridized carbons (Fsp3) is 0.200. The summed E-state index contributed by atoms with van der Waals surface area (Å²) in [5, 5.41) is 0. The van der Waals surface area contributed by atoms with Crippen LogP contribution >= 0.6 is 0 Å². The monoisotopic (exact) mass is 209 g/mol. The minimum atomic E-state index is -1.06. The Morgan fingerprint density at radius 3 is 2.40 bits per heavy atom. The highest BCUT2D eigenvalue weighted by Gasteiger charge is 2.20. The molecule has 0 heterocycles. The standard InChI is InChI=1S/C10H11NO4/c1-14-10(13)15-9(12)8(11)7-5-3-2-4-6-7/h2-6,8H,11H2,1H3. The van der Waals surface area contributed by atoms with Crippen molar-refractivity contribution in [2.75, 3.05) is 7.11 Å². The highest BCUT2D eigenvalue weighted by Crippen LogP contribution is 2.11. The highest BCUT2D eigenvalue weighted by atomic mass is 16.7. The zero-order chi connectivity index (χ0) is 11.3. The minimum absolute atomic E-state index is 0.575. The van der Waals surface area contributed by atoms with E-state index in [1.165, 1.54) is 0 Å². The zero-order valence-electron chi connectivity index (χ0n) is 8.17. The minimum Gasteiger partial charge on any atom is -0.437 e. The summed E-state index contributed by atoms with van der Waals surface area (Å²) in [6.07, 6.45) is -1.06. The van der Waals surface area contributed by atoms with Crippen LogP contribution in [0.15, 0.2) is 30.3 Å². The Morgan fingerprint density at radius 1 is 1.27 bits per heavy atom. The van der Waals surface area contributed by atoms with Crippen LogP contribution in [-0.2, 0) is 14.3 Å². The van der Waals surface area contributed by atoms with E-state index >= 15 is 0 Å². The van der Waals surface area contributed by atoms with Crippen LogP contribution in [-0.4, -0.2) is 19.2 Å². The number of carbonyl (C=O) groups is 2. The Bertz CT molecular complexity index is 350. The van der Waals surface area contributed by atoms with Gasteiger partial charge in [0.2, 0.25) is 0 Å². The Labute approximate surface area is 86.8 Å². The molecule has 0 aliphatic heterocycles. The predicted octanol–water partition coefficient (Wildman–Crippen LogP) is 0.996. The smallest absolute Gasteiger partial charge is 0.437 e. The Balaban J connectivity index is 2.65. The van der Waals surface area contributed by atoms with Gasteiger partial charge in [-0.15, -0.1) is 0 Å². The third kappa shape index (κ3) is 3.07. The molecule has 2 N–H and O–H groups in total. The van der Waals surface area contributed by atoms with Crippen LogP contribution < -0.4 is 5.73 Å². The summed E-state index contributed by atoms with van der Waals surface area (Å²) in [6, 6.07) is 7.63. The molecule has 5 nitrogen and oxygen atoms in total. The SMILES string of the molecule is COC(=O)OC(=O)C(N)c1ccccc1. The van der Waals surface area contributed by atoms with Gasteiger partial charge < -0.3 is 15.2 Å². The number of hydrogen-bond acceptors (Lipinski definition) is 5. The Morgan fingerprint density at radius 2 is 1.87 bits per heavy atom. The van der Waals surface area contributed by atoms with Gasteiger partial charge in [0, 0.05) is 0 Å². The maximum Gasteiger partial charge on any atom is 0.515 e. The van der Waals surface area contributed by atoms with Gasteiger partial charge in [0.05, 0.1) is 7.11 Å². The molecule has 0 aromatic heterocycles. The average Bonchev–Trinajstić information content (AvgIpc) is 2.29. The lowest BCUT2D eigenvalue weighted by Crippen LogP contribution is -2.26. The molecule has 80 valence electrons. The lowest BCUT2D eigenvalue weighted by atomic mass is 10.1. The maximum absolute atomic E-state index is 11.3. The molecule has 0 amide bonds. The molecule has 1 rings (SSSR count). The molecule has 0 spiro atoms. The zero-order valence-corrected chi connectivity index (χ0v) is 8.17. The fourth-order valence-electron chi connectivity index (χ4n) is 0.984. The lowest BCUT2D eigenvalue weighted by molar-refractivity contribution is -0.141. The molecule has 0 aliphatic rings. The number of ether oxygens (including phenoxy) is 2. The Hall–Kier alpha value is -1.88. The van der Waals surface area contributed by atoms with Gasteiger partial charge in [0.1, 0.15) is 6.04 Å². The molecular weight excluding hydrogens is 198 g/mol. The third-order valence-electron chi connectivity index (χ3n) is 1.76. The van der Waals surface area contributed by atoms with Crippen LogP contribution in [0.5, 0.6) is 0 Å². The van der Waals surface area contributed by atoms with Crippen LogP contribution in [0, 0.1) is 0 Å². The molecule has 0 bridgehead atoms. The van der Waals surface area contributed by atoms with Crippen LogP contribution in [0.4, 0.5) is 4.79 Å². The van der Waals surface area contributed by atoms with E-state index in [4.69, 9.17) is 5.73 Å². The van der Waals surface area contributed by atoms with Crippen molar-refractivity contribution in [3.05, 3.63) is 35.9 Å². The molecule has 0 aliphatic carbocycles. The van der Waals surface area contributed by atoms with Gasteiger partial charge in [-0.25, -0.2) is 9.59 Å². The number of carbonyl (C=O) groups excluding carboxylic acids is 2. The number of methoxy groups -OCH3 is 1. The number of hydrogen-bond donors (Lipinski definition) is 1. The third-order valence-corrected chi connectivity index (χ3v) is 1.76. The summed E-state index contributed by atoms with van der Waals surface area (Å²) in [5.74, 6) is -0.840. The summed E-state index contributed by atoms with van der Waals surface area (Å²) >= 11 is 0. The average molecular weight is 209 g/mol. The van der Waals surface area contributed by atoms with Crippen LogP contribution in [0.3, 0.4) is 0 Å². The molecule has 1 unspecified atom stereocenters. The normalized spacial score (nSPS) is 11.6. The van der Waals surface area contributed by atoms with E-state index in [2.05, 4.69) is 9.47 Å². The number of nitrogens with two attached hydrogens (primary N) is 1. The first-order valence-electron chi connectivity index (χ1n) is 4.25. The van der Waals surface area contributed by atoms with Crippen LogP contribution in [0.2, 0.25) is 0 Å². The fourth-order valence-corrected chi connectivity index (χ4v) is 0.984. The highest BCUT2D eigenvalue weighted by molar-refractivity contribution is 5.86. The van der Waals surface area contributed by atoms with Crippen molar-refractivity contribution in [2.24, 2.45) is 5.73 Å². The second-order valence-electron chi connectivity index (χ2n) is 2.76. The second kappa shape index (κ2) is 5.11. The first-order valence-corrected chi connectivity index (χ1v) is 4.25. The van der Waals surface area contributed by atoms with Crippen LogP contribution in [0.25, 0.3) is 0 Å². The predicted molar refractivity (Wildman–Crippen MR) is 51.9 cm³/mol. The summed E-state index contributed by atoms with van der Waals surface area (Å²) in [5.41, 5.74) is 6.13. The maximum atomic E-state index is 11.3. The van der Waals surface area contributed by atoms with Crippen molar-refractivity contribution >= 4 is 12.1 Å². The van der Waals surface area contributed by atoms with E-state index in [0.717, 1.165) is 7.11 Å². The topological polar surface area (TPSA) is 78.6 Å². The molecule has 1 aromatic rings. The van der Waals surface area contributed by atoms with E-state index in [0.29, 0.717) is 5.56 Å². The van der Waals surface area contributed by atoms with E-state index in [9.17, 15) is 9.59 Å². The summed E-state index contributed by atoms with van der Waals surface area (Å²) in [7, 11) is 1.11. The molecule has 0 fully saturated rings. The van der Waals surface area contributed by atoms with Gasteiger partial charge >= 0.3 is 12.1 Å². The quantitative estimate of drug-likeness (QED) is 0.580. The molecule has 0 saturated heterocycles. The largest absolute Gasteiger partial charge is 0.515 e. The molecule has 1 atom stereocenters. The van der Waals surface area contributed by atoms with Crippen molar-refractivity contribution in [1.82, 2.24) is 0 Å². The van der Waals surface area contributed by atoms with Crippen molar-refractivity contribution in [3.8, 4) is 0 Å². The molecule has 15 heavy (non-hydrogen) atoms. The molecular formula is C10H11NO4. The van der Waals surface area contributed by atoms with E-state index in [-0.39, 0.29) is 0 Å². The first-order chi connectivity index (χ1) is 7.15. The van der Waals surface area contributed by atoms with Crippen LogP contribution in [0.1, 0.15) is 11.6 Å². The van der Waals surface area contributed by atoms with Gasteiger partial charge in [-0.1, -0.05) is 30.3 Å². The van der Waals surface area contributed by atoms with Gasteiger partial charge in [-0.05, 0) is 5.56 Å².